The molecule has 9 nitrogen and oxygen atoms in total. The second-order valence-corrected chi connectivity index (χ2v) is 13.6. The average molecular weight is 560 g/mol. The molecule has 4 aliphatic rings. The SMILES string of the molecule is CCOc1ncc(-c2cccc(N(CC34CCC(c5noc(C(C)(C)C)n5)(CC3)CC4)C(=O)C3(C)COC3)c2)cn1. The van der Waals surface area contributed by atoms with Crippen LogP contribution in [0.1, 0.15) is 84.9 Å². The number of hydrogen-bond acceptors (Lipinski definition) is 8. The number of benzene rings is 1. The number of hydrogen-bond donors (Lipinski definition) is 0. The molecule has 3 saturated carbocycles. The third kappa shape index (κ3) is 5.13. The van der Waals surface area contributed by atoms with Gasteiger partial charge in [-0.05, 0) is 75.5 Å². The Hall–Kier alpha value is -3.33. The number of fused-ring (bicyclic) bond motifs is 3. The van der Waals surface area contributed by atoms with Crippen molar-refractivity contribution in [3.8, 4) is 17.1 Å². The highest BCUT2D eigenvalue weighted by atomic mass is 16.5. The van der Waals surface area contributed by atoms with Crippen molar-refractivity contribution in [2.24, 2.45) is 10.8 Å². The molecule has 2 aromatic heterocycles. The molecule has 9 heteroatoms. The van der Waals surface area contributed by atoms with Crippen LogP contribution in [0.15, 0.2) is 41.2 Å². The van der Waals surface area contributed by atoms with Crippen LogP contribution in [0.4, 0.5) is 5.69 Å². The monoisotopic (exact) mass is 559 g/mol. The Bertz CT molecular complexity index is 1380. The number of nitrogens with zero attached hydrogens (tertiary/aromatic N) is 5. The molecule has 3 heterocycles. The van der Waals surface area contributed by atoms with Gasteiger partial charge in [-0.2, -0.15) is 4.98 Å². The molecule has 0 unspecified atom stereocenters. The van der Waals surface area contributed by atoms with Gasteiger partial charge in [0.1, 0.15) is 0 Å². The third-order valence-corrected chi connectivity index (χ3v) is 9.43. The Morgan fingerprint density at radius 3 is 2.27 bits per heavy atom. The van der Waals surface area contributed by atoms with E-state index in [1.807, 2.05) is 36.9 Å². The van der Waals surface area contributed by atoms with E-state index in [-0.39, 0.29) is 22.2 Å². The van der Waals surface area contributed by atoms with Crippen LogP contribution < -0.4 is 9.64 Å². The molecule has 1 aliphatic heterocycles. The van der Waals surface area contributed by atoms with Crippen molar-refractivity contribution in [3.63, 3.8) is 0 Å². The molecule has 0 spiro atoms. The van der Waals surface area contributed by atoms with E-state index >= 15 is 0 Å². The average Bonchev–Trinajstić information content (AvgIpc) is 3.48. The maximum Gasteiger partial charge on any atom is 0.316 e. The lowest BCUT2D eigenvalue weighted by molar-refractivity contribution is -0.155. The standard InChI is InChI=1S/C32H41N5O4/c1-6-40-28-33-17-23(18-34-28)22-8-7-9-24(16-22)37(27(38)30(5)20-39-21-30)19-31-10-13-32(14-11-31,15-12-31)25-35-26(41-36-25)29(2,3)4/h7-9,16-18H,6,10-15,19-21H2,1-5H3. The fourth-order valence-electron chi connectivity index (χ4n) is 6.57. The Morgan fingerprint density at radius 2 is 1.71 bits per heavy atom. The molecule has 3 aliphatic carbocycles. The normalized spacial score (nSPS) is 25.0. The molecular formula is C32H41N5O4. The van der Waals surface area contributed by atoms with Crippen LogP contribution in [0.3, 0.4) is 0 Å². The van der Waals surface area contributed by atoms with Gasteiger partial charge in [0.15, 0.2) is 5.82 Å². The first kappa shape index (κ1) is 27.8. The minimum absolute atomic E-state index is 0.0229. The highest BCUT2D eigenvalue weighted by molar-refractivity contribution is 5.98. The Labute approximate surface area is 242 Å². The maximum atomic E-state index is 14.1. The molecule has 0 radical (unpaired) electrons. The predicted octanol–water partition coefficient (Wildman–Crippen LogP) is 5.88. The van der Waals surface area contributed by atoms with Crippen molar-refractivity contribution >= 4 is 11.6 Å². The van der Waals surface area contributed by atoms with Gasteiger partial charge in [-0.25, -0.2) is 9.97 Å². The van der Waals surface area contributed by atoms with Crippen LogP contribution in [0.5, 0.6) is 6.01 Å². The first-order valence-corrected chi connectivity index (χ1v) is 14.8. The zero-order valence-electron chi connectivity index (χ0n) is 24.9. The second-order valence-electron chi connectivity index (χ2n) is 13.6. The van der Waals surface area contributed by atoms with Gasteiger partial charge in [-0.3, -0.25) is 4.79 Å². The number of rotatable bonds is 8. The lowest BCUT2D eigenvalue weighted by Gasteiger charge is -2.54. The van der Waals surface area contributed by atoms with Crippen molar-refractivity contribution in [1.82, 2.24) is 20.1 Å². The van der Waals surface area contributed by atoms with E-state index in [9.17, 15) is 4.79 Å². The molecule has 7 rings (SSSR count). The van der Waals surface area contributed by atoms with Gasteiger partial charge in [-0.15, -0.1) is 0 Å². The van der Waals surface area contributed by atoms with Gasteiger partial charge < -0.3 is 18.9 Å². The maximum absolute atomic E-state index is 14.1. The number of ether oxygens (including phenoxy) is 2. The summed E-state index contributed by atoms with van der Waals surface area (Å²) in [5, 5.41) is 4.46. The van der Waals surface area contributed by atoms with Gasteiger partial charge >= 0.3 is 6.01 Å². The highest BCUT2D eigenvalue weighted by Crippen LogP contribution is 2.58. The molecule has 1 amide bonds. The van der Waals surface area contributed by atoms with E-state index in [4.69, 9.17) is 19.0 Å². The van der Waals surface area contributed by atoms with Gasteiger partial charge in [-0.1, -0.05) is 38.1 Å². The number of aromatic nitrogens is 4. The summed E-state index contributed by atoms with van der Waals surface area (Å²) in [4.78, 5) is 29.7. The molecule has 3 aromatic rings. The molecule has 2 bridgehead atoms. The molecule has 0 atom stereocenters. The Balaban J connectivity index is 1.25. The van der Waals surface area contributed by atoms with Crippen LogP contribution in [0, 0.1) is 10.8 Å². The zero-order valence-corrected chi connectivity index (χ0v) is 24.9. The van der Waals surface area contributed by atoms with Crippen LogP contribution in [0.25, 0.3) is 11.1 Å². The molecule has 1 aromatic carbocycles. The van der Waals surface area contributed by atoms with Crippen molar-refractivity contribution in [2.75, 3.05) is 31.3 Å². The quantitative estimate of drug-likeness (QED) is 0.337. The van der Waals surface area contributed by atoms with Crippen LogP contribution >= 0.6 is 0 Å². The van der Waals surface area contributed by atoms with E-state index < -0.39 is 5.41 Å². The van der Waals surface area contributed by atoms with Gasteiger partial charge in [0, 0.05) is 41.0 Å². The lowest BCUT2D eigenvalue weighted by atomic mass is 9.53. The number of carbonyl (C=O) groups excluding carboxylic acids is 1. The molecule has 41 heavy (non-hydrogen) atoms. The number of carbonyl (C=O) groups is 1. The minimum atomic E-state index is -0.504. The summed E-state index contributed by atoms with van der Waals surface area (Å²) >= 11 is 0. The highest BCUT2D eigenvalue weighted by Gasteiger charge is 2.54. The van der Waals surface area contributed by atoms with E-state index in [0.717, 1.165) is 61.2 Å². The molecule has 1 saturated heterocycles. The zero-order chi connectivity index (χ0) is 28.9. The first-order chi connectivity index (χ1) is 19.5. The van der Waals surface area contributed by atoms with Crippen molar-refractivity contribution in [2.45, 2.75) is 84.0 Å². The summed E-state index contributed by atoms with van der Waals surface area (Å²) < 4.78 is 16.6. The summed E-state index contributed by atoms with van der Waals surface area (Å²) in [5.74, 6) is 1.71. The van der Waals surface area contributed by atoms with E-state index in [1.54, 1.807) is 12.4 Å². The fraction of sp³-hybridized carbons (Fsp3) is 0.594. The minimum Gasteiger partial charge on any atom is -0.464 e. The summed E-state index contributed by atoms with van der Waals surface area (Å²) in [6.07, 6.45) is 9.70. The predicted molar refractivity (Wildman–Crippen MR) is 155 cm³/mol. The fourth-order valence-corrected chi connectivity index (χ4v) is 6.57. The molecular weight excluding hydrogens is 518 g/mol. The molecule has 218 valence electrons. The first-order valence-electron chi connectivity index (χ1n) is 14.8. The van der Waals surface area contributed by atoms with Crippen LogP contribution in [-0.4, -0.2) is 52.4 Å². The number of amides is 1. The smallest absolute Gasteiger partial charge is 0.316 e. The number of anilines is 1. The van der Waals surface area contributed by atoms with Gasteiger partial charge in [0.05, 0.1) is 25.2 Å². The van der Waals surface area contributed by atoms with Gasteiger partial charge in [0.25, 0.3) is 0 Å². The van der Waals surface area contributed by atoms with Crippen molar-refractivity contribution < 1.29 is 18.8 Å². The topological polar surface area (TPSA) is 103 Å². The summed E-state index contributed by atoms with van der Waals surface area (Å²) in [6.45, 7) is 12.4. The summed E-state index contributed by atoms with van der Waals surface area (Å²) in [6, 6.07) is 8.53. The lowest BCUT2D eigenvalue weighted by Crippen LogP contribution is -2.57. The summed E-state index contributed by atoms with van der Waals surface area (Å²) in [7, 11) is 0. The van der Waals surface area contributed by atoms with Crippen molar-refractivity contribution in [1.29, 1.82) is 0 Å². The van der Waals surface area contributed by atoms with E-state index in [1.165, 1.54) is 0 Å². The molecule has 0 N–H and O–H groups in total. The third-order valence-electron chi connectivity index (χ3n) is 9.43. The van der Waals surface area contributed by atoms with Crippen LogP contribution in [0.2, 0.25) is 0 Å². The summed E-state index contributed by atoms with van der Waals surface area (Å²) in [5.41, 5.74) is 2.12. The second kappa shape index (κ2) is 10.2. The van der Waals surface area contributed by atoms with E-state index in [2.05, 4.69) is 42.0 Å². The van der Waals surface area contributed by atoms with Gasteiger partial charge in [0.2, 0.25) is 11.8 Å². The van der Waals surface area contributed by atoms with Crippen molar-refractivity contribution in [3.05, 3.63) is 48.4 Å². The van der Waals surface area contributed by atoms with Crippen LogP contribution in [-0.2, 0) is 20.4 Å². The Kier molecular flexibility index (Phi) is 6.91. The Morgan fingerprint density at radius 1 is 1.02 bits per heavy atom. The van der Waals surface area contributed by atoms with E-state index in [0.29, 0.717) is 38.3 Å². The largest absolute Gasteiger partial charge is 0.464 e. The molecule has 4 fully saturated rings.